The van der Waals surface area contributed by atoms with E-state index in [9.17, 15) is 0 Å². The molecule has 0 aliphatic rings. The highest BCUT2D eigenvalue weighted by Gasteiger charge is 1.98. The van der Waals surface area contributed by atoms with E-state index >= 15 is 0 Å². The van der Waals surface area contributed by atoms with Gasteiger partial charge in [0.2, 0.25) is 0 Å². The number of benzene rings is 2. The molecule has 3 nitrogen and oxygen atoms in total. The summed E-state index contributed by atoms with van der Waals surface area (Å²) in [7, 11) is 0. The first-order valence-corrected chi connectivity index (χ1v) is 6.93. The topological polar surface area (TPSA) is 30.5 Å². The van der Waals surface area contributed by atoms with Crippen molar-refractivity contribution < 1.29 is 9.47 Å². The second-order valence-electron chi connectivity index (χ2n) is 4.84. The molecular weight excluding hydrogens is 250 g/mol. The van der Waals surface area contributed by atoms with Crippen molar-refractivity contribution in [1.82, 2.24) is 5.32 Å². The van der Waals surface area contributed by atoms with Gasteiger partial charge in [0, 0.05) is 12.6 Å². The van der Waals surface area contributed by atoms with Crippen molar-refractivity contribution in [3.8, 4) is 17.2 Å². The van der Waals surface area contributed by atoms with Crippen LogP contribution in [0.2, 0.25) is 0 Å². The van der Waals surface area contributed by atoms with Crippen LogP contribution in [0.3, 0.4) is 0 Å². The van der Waals surface area contributed by atoms with Crippen molar-refractivity contribution in [3.05, 3.63) is 54.6 Å². The molecule has 0 saturated carbocycles. The summed E-state index contributed by atoms with van der Waals surface area (Å²) < 4.78 is 11.4. The second-order valence-corrected chi connectivity index (χ2v) is 4.84. The van der Waals surface area contributed by atoms with Crippen LogP contribution in [0.1, 0.15) is 13.8 Å². The lowest BCUT2D eigenvalue weighted by molar-refractivity contribution is 0.308. The van der Waals surface area contributed by atoms with Gasteiger partial charge in [-0.1, -0.05) is 32.0 Å². The van der Waals surface area contributed by atoms with Crippen LogP contribution >= 0.6 is 0 Å². The molecule has 0 fully saturated rings. The number of ether oxygens (including phenoxy) is 2. The van der Waals surface area contributed by atoms with Crippen LogP contribution in [-0.4, -0.2) is 19.2 Å². The van der Waals surface area contributed by atoms with Crippen LogP contribution in [0.5, 0.6) is 17.2 Å². The maximum absolute atomic E-state index is 5.72. The monoisotopic (exact) mass is 271 g/mol. The zero-order valence-electron chi connectivity index (χ0n) is 12.0. The molecule has 2 rings (SSSR count). The zero-order chi connectivity index (χ0) is 14.2. The number of para-hydroxylation sites is 1. The van der Waals surface area contributed by atoms with Crippen LogP contribution in [0.4, 0.5) is 0 Å². The molecule has 0 aromatic heterocycles. The van der Waals surface area contributed by atoms with E-state index < -0.39 is 0 Å². The quantitative estimate of drug-likeness (QED) is 0.776. The molecule has 0 radical (unpaired) electrons. The Morgan fingerprint density at radius 1 is 0.850 bits per heavy atom. The average Bonchev–Trinajstić information content (AvgIpc) is 2.46. The molecule has 1 N–H and O–H groups in total. The van der Waals surface area contributed by atoms with Gasteiger partial charge in [-0.25, -0.2) is 0 Å². The predicted octanol–water partition coefficient (Wildman–Crippen LogP) is 3.86. The summed E-state index contributed by atoms with van der Waals surface area (Å²) in [4.78, 5) is 0. The Morgan fingerprint density at radius 2 is 1.45 bits per heavy atom. The van der Waals surface area contributed by atoms with Gasteiger partial charge in [-0.15, -0.1) is 0 Å². The first-order valence-electron chi connectivity index (χ1n) is 6.93. The summed E-state index contributed by atoms with van der Waals surface area (Å²) in [6.07, 6.45) is 0. The molecular formula is C17H21NO2. The second kappa shape index (κ2) is 7.56. The summed E-state index contributed by atoms with van der Waals surface area (Å²) in [6, 6.07) is 17.9. The highest BCUT2D eigenvalue weighted by molar-refractivity contribution is 5.35. The van der Waals surface area contributed by atoms with Crippen molar-refractivity contribution in [2.75, 3.05) is 13.2 Å². The van der Waals surface area contributed by atoms with Crippen molar-refractivity contribution >= 4 is 0 Å². The third-order valence-corrected chi connectivity index (χ3v) is 2.73. The number of hydrogen-bond acceptors (Lipinski definition) is 3. The maximum Gasteiger partial charge on any atom is 0.127 e. The van der Waals surface area contributed by atoms with Crippen LogP contribution < -0.4 is 14.8 Å². The molecule has 0 aliphatic heterocycles. The van der Waals surface area contributed by atoms with Gasteiger partial charge in [-0.3, -0.25) is 0 Å². The first kappa shape index (κ1) is 14.4. The van der Waals surface area contributed by atoms with E-state index in [-0.39, 0.29) is 0 Å². The molecule has 0 heterocycles. The number of hydrogen-bond donors (Lipinski definition) is 1. The third kappa shape index (κ3) is 4.94. The lowest BCUT2D eigenvalue weighted by atomic mass is 10.3. The highest BCUT2D eigenvalue weighted by Crippen LogP contribution is 2.23. The molecule has 0 atom stereocenters. The predicted molar refractivity (Wildman–Crippen MR) is 81.6 cm³/mol. The number of rotatable bonds is 7. The van der Waals surface area contributed by atoms with Gasteiger partial charge in [0.15, 0.2) is 0 Å². The van der Waals surface area contributed by atoms with Crippen LogP contribution in [-0.2, 0) is 0 Å². The first-order chi connectivity index (χ1) is 9.74. The molecule has 0 amide bonds. The van der Waals surface area contributed by atoms with Gasteiger partial charge >= 0.3 is 0 Å². The fourth-order valence-corrected chi connectivity index (χ4v) is 1.75. The van der Waals surface area contributed by atoms with Gasteiger partial charge in [0.1, 0.15) is 23.9 Å². The molecule has 3 heteroatoms. The Hall–Kier alpha value is -2.00. The minimum Gasteiger partial charge on any atom is -0.492 e. The molecule has 0 saturated heterocycles. The van der Waals surface area contributed by atoms with Crippen molar-refractivity contribution in [3.63, 3.8) is 0 Å². The van der Waals surface area contributed by atoms with Gasteiger partial charge in [-0.2, -0.15) is 0 Å². The standard InChI is InChI=1S/C17H21NO2/c1-14(2)18-12-13-19-15-8-10-17(11-9-15)20-16-6-4-3-5-7-16/h3-11,14,18H,12-13H2,1-2H3. The van der Waals surface area contributed by atoms with Gasteiger partial charge in [0.25, 0.3) is 0 Å². The highest BCUT2D eigenvalue weighted by atomic mass is 16.5. The van der Waals surface area contributed by atoms with Gasteiger partial charge in [0.05, 0.1) is 0 Å². The Labute approximate surface area is 120 Å². The normalized spacial score (nSPS) is 10.6. The van der Waals surface area contributed by atoms with E-state index in [4.69, 9.17) is 9.47 Å². The zero-order valence-corrected chi connectivity index (χ0v) is 12.0. The van der Waals surface area contributed by atoms with Gasteiger partial charge in [-0.05, 0) is 36.4 Å². The minimum absolute atomic E-state index is 0.486. The van der Waals surface area contributed by atoms with Crippen molar-refractivity contribution in [2.45, 2.75) is 19.9 Å². The summed E-state index contributed by atoms with van der Waals surface area (Å²) in [6.45, 7) is 5.75. The summed E-state index contributed by atoms with van der Waals surface area (Å²) >= 11 is 0. The Morgan fingerprint density at radius 3 is 2.10 bits per heavy atom. The molecule has 106 valence electrons. The molecule has 20 heavy (non-hydrogen) atoms. The van der Waals surface area contributed by atoms with E-state index in [0.717, 1.165) is 23.8 Å². The van der Waals surface area contributed by atoms with E-state index in [1.165, 1.54) is 0 Å². The summed E-state index contributed by atoms with van der Waals surface area (Å²) in [5, 5.41) is 3.31. The lowest BCUT2D eigenvalue weighted by Crippen LogP contribution is -2.27. The van der Waals surface area contributed by atoms with E-state index in [2.05, 4.69) is 19.2 Å². The van der Waals surface area contributed by atoms with E-state index in [1.54, 1.807) is 0 Å². The molecule has 0 aliphatic carbocycles. The fraction of sp³-hybridized carbons (Fsp3) is 0.294. The lowest BCUT2D eigenvalue weighted by Gasteiger charge is -2.10. The molecule has 2 aromatic carbocycles. The Balaban J connectivity index is 1.81. The largest absolute Gasteiger partial charge is 0.492 e. The molecule has 0 bridgehead atoms. The SMILES string of the molecule is CC(C)NCCOc1ccc(Oc2ccccc2)cc1. The Bertz CT molecular complexity index is 494. The van der Waals surface area contributed by atoms with Crippen LogP contribution in [0.25, 0.3) is 0 Å². The summed E-state index contributed by atoms with van der Waals surface area (Å²) in [5.74, 6) is 2.50. The van der Waals surface area contributed by atoms with Crippen molar-refractivity contribution in [1.29, 1.82) is 0 Å². The molecule has 0 unspecified atom stereocenters. The number of nitrogens with one attached hydrogen (secondary N) is 1. The summed E-state index contributed by atoms with van der Waals surface area (Å²) in [5.41, 5.74) is 0. The maximum atomic E-state index is 5.72. The average molecular weight is 271 g/mol. The third-order valence-electron chi connectivity index (χ3n) is 2.73. The Kier molecular flexibility index (Phi) is 5.44. The van der Waals surface area contributed by atoms with Gasteiger partial charge < -0.3 is 14.8 Å². The van der Waals surface area contributed by atoms with Crippen molar-refractivity contribution in [2.24, 2.45) is 0 Å². The molecule has 2 aromatic rings. The minimum atomic E-state index is 0.486. The van der Waals surface area contributed by atoms with Crippen LogP contribution in [0, 0.1) is 0 Å². The van der Waals surface area contributed by atoms with E-state index in [1.807, 2.05) is 54.6 Å². The smallest absolute Gasteiger partial charge is 0.127 e. The molecule has 0 spiro atoms. The van der Waals surface area contributed by atoms with E-state index in [0.29, 0.717) is 12.6 Å². The van der Waals surface area contributed by atoms with Crippen LogP contribution in [0.15, 0.2) is 54.6 Å². The fourth-order valence-electron chi connectivity index (χ4n) is 1.75.